The first-order chi connectivity index (χ1) is 9.80. The lowest BCUT2D eigenvalue weighted by molar-refractivity contribution is 0.105. The molecule has 1 aromatic carbocycles. The topological polar surface area (TPSA) is 29.3 Å². The van der Waals surface area contributed by atoms with E-state index in [1.54, 1.807) is 0 Å². The zero-order chi connectivity index (χ0) is 14.4. The summed E-state index contributed by atoms with van der Waals surface area (Å²) in [6.07, 6.45) is 6.49. The van der Waals surface area contributed by atoms with Gasteiger partial charge in [-0.05, 0) is 49.4 Å². The quantitative estimate of drug-likeness (QED) is 0.859. The van der Waals surface area contributed by atoms with Gasteiger partial charge in [-0.3, -0.25) is 4.90 Å². The smallest absolute Gasteiger partial charge is 0.0239 e. The van der Waals surface area contributed by atoms with Gasteiger partial charge in [0.15, 0.2) is 0 Å². The SMILES string of the molecule is CCc1ccccc1CN(CC)C1CCCCC1CN. The number of rotatable bonds is 6. The fourth-order valence-corrected chi connectivity index (χ4v) is 3.68. The molecular formula is C18H30N2. The third-order valence-electron chi connectivity index (χ3n) is 4.92. The Hall–Kier alpha value is -0.860. The lowest BCUT2D eigenvalue weighted by Crippen LogP contribution is -2.44. The van der Waals surface area contributed by atoms with E-state index >= 15 is 0 Å². The molecule has 1 fully saturated rings. The molecule has 2 rings (SSSR count). The molecule has 0 heterocycles. The van der Waals surface area contributed by atoms with E-state index in [0.717, 1.165) is 26.1 Å². The molecule has 0 radical (unpaired) electrons. The molecule has 20 heavy (non-hydrogen) atoms. The summed E-state index contributed by atoms with van der Waals surface area (Å²) in [6.45, 7) is 7.59. The van der Waals surface area contributed by atoms with Crippen LogP contribution >= 0.6 is 0 Å². The predicted octanol–water partition coefficient (Wildman–Crippen LogP) is 3.59. The standard InChI is InChI=1S/C18H30N2/c1-3-15-9-5-6-11-17(15)14-20(4-2)18-12-8-7-10-16(18)13-19/h5-6,9,11,16,18H,3-4,7-8,10,12-14,19H2,1-2H3. The van der Waals surface area contributed by atoms with Crippen LogP contribution in [0.4, 0.5) is 0 Å². The molecule has 1 aliphatic rings. The second-order valence-electron chi connectivity index (χ2n) is 6.03. The minimum atomic E-state index is 0.684. The summed E-state index contributed by atoms with van der Waals surface area (Å²) in [5, 5.41) is 0. The van der Waals surface area contributed by atoms with Gasteiger partial charge in [0.1, 0.15) is 0 Å². The largest absolute Gasteiger partial charge is 0.330 e. The van der Waals surface area contributed by atoms with E-state index in [0.29, 0.717) is 12.0 Å². The van der Waals surface area contributed by atoms with E-state index < -0.39 is 0 Å². The van der Waals surface area contributed by atoms with Crippen molar-refractivity contribution in [1.29, 1.82) is 0 Å². The van der Waals surface area contributed by atoms with Gasteiger partial charge in [0.25, 0.3) is 0 Å². The predicted molar refractivity (Wildman–Crippen MR) is 86.7 cm³/mol. The van der Waals surface area contributed by atoms with Gasteiger partial charge in [-0.2, -0.15) is 0 Å². The van der Waals surface area contributed by atoms with Gasteiger partial charge in [-0.25, -0.2) is 0 Å². The van der Waals surface area contributed by atoms with Gasteiger partial charge in [0.05, 0.1) is 0 Å². The molecule has 0 aromatic heterocycles. The highest BCUT2D eigenvalue weighted by molar-refractivity contribution is 5.27. The number of nitrogens with two attached hydrogens (primary N) is 1. The molecule has 2 N–H and O–H groups in total. The van der Waals surface area contributed by atoms with Crippen LogP contribution in [-0.4, -0.2) is 24.0 Å². The van der Waals surface area contributed by atoms with Crippen LogP contribution in [0, 0.1) is 5.92 Å². The van der Waals surface area contributed by atoms with E-state index in [1.807, 2.05) is 0 Å². The molecule has 1 saturated carbocycles. The van der Waals surface area contributed by atoms with Crippen molar-refractivity contribution in [2.24, 2.45) is 11.7 Å². The molecule has 0 amide bonds. The van der Waals surface area contributed by atoms with E-state index in [1.165, 1.54) is 36.8 Å². The third-order valence-corrected chi connectivity index (χ3v) is 4.92. The fourth-order valence-electron chi connectivity index (χ4n) is 3.68. The summed E-state index contributed by atoms with van der Waals surface area (Å²) in [5.74, 6) is 0.692. The number of hydrogen-bond donors (Lipinski definition) is 1. The Morgan fingerprint density at radius 1 is 1.10 bits per heavy atom. The second kappa shape index (κ2) is 7.80. The van der Waals surface area contributed by atoms with Crippen molar-refractivity contribution >= 4 is 0 Å². The summed E-state index contributed by atoms with van der Waals surface area (Å²) < 4.78 is 0. The molecular weight excluding hydrogens is 244 g/mol. The maximum atomic E-state index is 6.01. The number of hydrogen-bond acceptors (Lipinski definition) is 2. The van der Waals surface area contributed by atoms with Crippen molar-refractivity contribution in [1.82, 2.24) is 4.90 Å². The van der Waals surface area contributed by atoms with Gasteiger partial charge >= 0.3 is 0 Å². The van der Waals surface area contributed by atoms with Crippen LogP contribution in [0.1, 0.15) is 50.7 Å². The van der Waals surface area contributed by atoms with Crippen LogP contribution in [0.5, 0.6) is 0 Å². The van der Waals surface area contributed by atoms with Crippen molar-refractivity contribution in [2.45, 2.75) is 58.5 Å². The first-order valence-electron chi connectivity index (χ1n) is 8.31. The molecule has 2 atom stereocenters. The van der Waals surface area contributed by atoms with E-state index in [4.69, 9.17) is 5.73 Å². The molecule has 2 heteroatoms. The zero-order valence-corrected chi connectivity index (χ0v) is 13.1. The normalized spacial score (nSPS) is 23.2. The number of aryl methyl sites for hydroxylation is 1. The molecule has 112 valence electrons. The molecule has 0 aliphatic heterocycles. The zero-order valence-electron chi connectivity index (χ0n) is 13.1. The molecule has 0 saturated heterocycles. The summed E-state index contributed by atoms with van der Waals surface area (Å²) >= 11 is 0. The van der Waals surface area contributed by atoms with Crippen LogP contribution in [0.2, 0.25) is 0 Å². The second-order valence-corrected chi connectivity index (χ2v) is 6.03. The van der Waals surface area contributed by atoms with E-state index in [9.17, 15) is 0 Å². The number of nitrogens with zero attached hydrogens (tertiary/aromatic N) is 1. The minimum absolute atomic E-state index is 0.684. The van der Waals surface area contributed by atoms with Crippen molar-refractivity contribution in [3.8, 4) is 0 Å². The van der Waals surface area contributed by atoms with Crippen molar-refractivity contribution < 1.29 is 0 Å². The molecule has 1 aromatic rings. The van der Waals surface area contributed by atoms with Crippen LogP contribution < -0.4 is 5.73 Å². The molecule has 2 unspecified atom stereocenters. The maximum Gasteiger partial charge on any atom is 0.0239 e. The lowest BCUT2D eigenvalue weighted by Gasteiger charge is -2.39. The average Bonchev–Trinajstić information content (AvgIpc) is 2.53. The highest BCUT2D eigenvalue weighted by Crippen LogP contribution is 2.29. The van der Waals surface area contributed by atoms with Crippen LogP contribution in [0.15, 0.2) is 24.3 Å². The van der Waals surface area contributed by atoms with Gasteiger partial charge < -0.3 is 5.73 Å². The third kappa shape index (κ3) is 3.62. The van der Waals surface area contributed by atoms with Crippen molar-refractivity contribution in [3.05, 3.63) is 35.4 Å². The monoisotopic (exact) mass is 274 g/mol. The van der Waals surface area contributed by atoms with Gasteiger partial charge in [0, 0.05) is 12.6 Å². The highest BCUT2D eigenvalue weighted by Gasteiger charge is 2.28. The Morgan fingerprint density at radius 3 is 2.45 bits per heavy atom. The Morgan fingerprint density at radius 2 is 1.80 bits per heavy atom. The molecule has 2 nitrogen and oxygen atoms in total. The molecule has 0 bridgehead atoms. The average molecular weight is 274 g/mol. The van der Waals surface area contributed by atoms with Crippen molar-refractivity contribution in [3.63, 3.8) is 0 Å². The highest BCUT2D eigenvalue weighted by atomic mass is 15.2. The molecule has 1 aliphatic carbocycles. The first-order valence-corrected chi connectivity index (χ1v) is 8.31. The Balaban J connectivity index is 2.11. The fraction of sp³-hybridized carbons (Fsp3) is 0.667. The summed E-state index contributed by atoms with van der Waals surface area (Å²) in [5.41, 5.74) is 9.00. The van der Waals surface area contributed by atoms with E-state index in [-0.39, 0.29) is 0 Å². The van der Waals surface area contributed by atoms with E-state index in [2.05, 4.69) is 43.0 Å². The number of benzene rings is 1. The van der Waals surface area contributed by atoms with Gasteiger partial charge in [-0.1, -0.05) is 51.0 Å². The van der Waals surface area contributed by atoms with Crippen molar-refractivity contribution in [2.75, 3.05) is 13.1 Å². The maximum absolute atomic E-state index is 6.01. The lowest BCUT2D eigenvalue weighted by atomic mass is 9.83. The van der Waals surface area contributed by atoms with Crippen LogP contribution in [0.3, 0.4) is 0 Å². The Bertz CT molecular complexity index is 402. The first kappa shape index (κ1) is 15.5. The van der Waals surface area contributed by atoms with Gasteiger partial charge in [-0.15, -0.1) is 0 Å². The Kier molecular flexibility index (Phi) is 6.06. The summed E-state index contributed by atoms with van der Waals surface area (Å²) in [4.78, 5) is 2.66. The van der Waals surface area contributed by atoms with Gasteiger partial charge in [0.2, 0.25) is 0 Å². The van der Waals surface area contributed by atoms with Crippen LogP contribution in [0.25, 0.3) is 0 Å². The minimum Gasteiger partial charge on any atom is -0.330 e. The Labute approximate surface area is 124 Å². The van der Waals surface area contributed by atoms with Crippen LogP contribution in [-0.2, 0) is 13.0 Å². The summed E-state index contributed by atoms with van der Waals surface area (Å²) in [7, 11) is 0. The molecule has 0 spiro atoms. The summed E-state index contributed by atoms with van der Waals surface area (Å²) in [6, 6.07) is 9.57.